The lowest BCUT2D eigenvalue weighted by Gasteiger charge is -2.23. The molecule has 4 nitrogen and oxygen atoms in total. The van der Waals surface area contributed by atoms with Crippen molar-refractivity contribution in [2.75, 3.05) is 5.32 Å². The number of benzene rings is 1. The van der Waals surface area contributed by atoms with Crippen LogP contribution in [0.3, 0.4) is 0 Å². The Balaban J connectivity index is 2.05. The fourth-order valence-electron chi connectivity index (χ4n) is 3.76. The van der Waals surface area contributed by atoms with Gasteiger partial charge in [0.05, 0.1) is 17.3 Å². The second-order valence-electron chi connectivity index (χ2n) is 6.98. The van der Waals surface area contributed by atoms with Crippen molar-refractivity contribution in [3.63, 3.8) is 0 Å². The third-order valence-corrected chi connectivity index (χ3v) is 5.36. The summed E-state index contributed by atoms with van der Waals surface area (Å²) in [5, 5.41) is 13.2. The molecule has 1 aliphatic heterocycles. The van der Waals surface area contributed by atoms with Crippen molar-refractivity contribution in [3.05, 3.63) is 53.9 Å². The molecule has 0 radical (unpaired) electrons. The number of anilines is 1. The van der Waals surface area contributed by atoms with Gasteiger partial charge < -0.3 is 15.0 Å². The predicted octanol–water partition coefficient (Wildman–Crippen LogP) is 5.53. The van der Waals surface area contributed by atoms with Crippen LogP contribution < -0.4 is 5.32 Å². The second kappa shape index (κ2) is 6.95. The fraction of sp³-hybridized carbons (Fsp3) is 0.250. The van der Waals surface area contributed by atoms with Gasteiger partial charge in [0.1, 0.15) is 6.23 Å². The minimum atomic E-state index is -5.70. The van der Waals surface area contributed by atoms with Gasteiger partial charge in [0.2, 0.25) is 0 Å². The molecule has 3 heterocycles. The maximum atomic E-state index is 14.1. The minimum absolute atomic E-state index is 0.172. The summed E-state index contributed by atoms with van der Waals surface area (Å²) in [5.74, 6) is -4.95. The lowest BCUT2D eigenvalue weighted by Crippen LogP contribution is -2.40. The SMILES string of the molecule is Cc1c(-c2ccncc2)n(CC(F)(F)C(F)(F)F)c2ccc3c(c12)C(Cl)=CC(O)N3. The topological polar surface area (TPSA) is 50.1 Å². The van der Waals surface area contributed by atoms with E-state index in [1.54, 1.807) is 6.92 Å². The number of halogens is 6. The molecule has 0 aliphatic carbocycles. The number of pyridine rings is 1. The van der Waals surface area contributed by atoms with Gasteiger partial charge in [0.15, 0.2) is 0 Å². The molecular weight excluding hydrogens is 429 g/mol. The van der Waals surface area contributed by atoms with Gasteiger partial charge in [-0.2, -0.15) is 22.0 Å². The van der Waals surface area contributed by atoms with Gasteiger partial charge in [-0.1, -0.05) is 11.6 Å². The van der Waals surface area contributed by atoms with E-state index < -0.39 is 24.9 Å². The molecule has 158 valence electrons. The Bertz CT molecular complexity index is 1150. The van der Waals surface area contributed by atoms with Gasteiger partial charge in [0.25, 0.3) is 0 Å². The van der Waals surface area contributed by atoms with Crippen molar-refractivity contribution in [2.45, 2.75) is 31.8 Å². The van der Waals surface area contributed by atoms with E-state index in [9.17, 15) is 27.1 Å². The van der Waals surface area contributed by atoms with Crippen LogP contribution in [0.4, 0.5) is 27.6 Å². The zero-order chi connectivity index (χ0) is 21.8. The smallest absolute Gasteiger partial charge is 0.370 e. The number of hydrogen-bond acceptors (Lipinski definition) is 3. The number of aromatic nitrogens is 2. The van der Waals surface area contributed by atoms with E-state index in [-0.39, 0.29) is 16.2 Å². The van der Waals surface area contributed by atoms with Gasteiger partial charge in [-0.3, -0.25) is 4.98 Å². The molecule has 2 N–H and O–H groups in total. The van der Waals surface area contributed by atoms with Gasteiger partial charge >= 0.3 is 12.1 Å². The van der Waals surface area contributed by atoms with Crippen LogP contribution in [-0.2, 0) is 6.54 Å². The van der Waals surface area contributed by atoms with Crippen molar-refractivity contribution >= 4 is 33.2 Å². The van der Waals surface area contributed by atoms with Crippen molar-refractivity contribution in [1.82, 2.24) is 9.55 Å². The van der Waals surface area contributed by atoms with Crippen LogP contribution in [0.2, 0.25) is 0 Å². The summed E-state index contributed by atoms with van der Waals surface area (Å²) < 4.78 is 68.1. The van der Waals surface area contributed by atoms with Gasteiger partial charge in [-0.15, -0.1) is 0 Å². The molecule has 3 aromatic rings. The van der Waals surface area contributed by atoms with Crippen molar-refractivity contribution < 1.29 is 27.1 Å². The highest BCUT2D eigenvalue weighted by Gasteiger charge is 2.58. The third-order valence-electron chi connectivity index (χ3n) is 5.05. The Morgan fingerprint density at radius 1 is 1.13 bits per heavy atom. The van der Waals surface area contributed by atoms with E-state index in [1.165, 1.54) is 42.7 Å². The number of aliphatic hydroxyl groups excluding tert-OH is 1. The fourth-order valence-corrected chi connectivity index (χ4v) is 4.08. The second-order valence-corrected chi connectivity index (χ2v) is 7.39. The maximum Gasteiger partial charge on any atom is 0.455 e. The minimum Gasteiger partial charge on any atom is -0.370 e. The highest BCUT2D eigenvalue weighted by molar-refractivity contribution is 6.50. The summed E-state index contributed by atoms with van der Waals surface area (Å²) in [6.45, 7) is 0.0461. The number of aryl methyl sites for hydroxylation is 1. The lowest BCUT2D eigenvalue weighted by molar-refractivity contribution is -0.286. The molecule has 1 atom stereocenters. The van der Waals surface area contributed by atoms with Crippen molar-refractivity contribution in [1.29, 1.82) is 0 Å². The molecule has 0 saturated carbocycles. The predicted molar refractivity (Wildman–Crippen MR) is 104 cm³/mol. The standard InChI is InChI=1S/C20H15ClF5N3O/c1-10-16-14(3-2-13-17(16)12(21)8-15(30)28-13)29(9-19(22,23)20(24,25)26)18(10)11-4-6-27-7-5-11/h2-8,15,28,30H,9H2,1H3. The summed E-state index contributed by atoms with van der Waals surface area (Å²) >= 11 is 6.32. The van der Waals surface area contributed by atoms with Crippen LogP contribution >= 0.6 is 11.6 Å². The zero-order valence-corrected chi connectivity index (χ0v) is 16.2. The zero-order valence-electron chi connectivity index (χ0n) is 15.4. The molecule has 1 aliphatic rings. The first-order valence-corrected chi connectivity index (χ1v) is 9.22. The molecule has 0 saturated heterocycles. The van der Waals surface area contributed by atoms with Crippen molar-refractivity contribution in [2.24, 2.45) is 0 Å². The van der Waals surface area contributed by atoms with E-state index in [1.807, 2.05) is 0 Å². The summed E-state index contributed by atoms with van der Waals surface area (Å²) in [6.07, 6.45) is -2.56. The molecule has 4 rings (SSSR count). The van der Waals surface area contributed by atoms with Crippen LogP contribution in [0, 0.1) is 6.92 Å². The average molecular weight is 444 g/mol. The first-order chi connectivity index (χ1) is 14.0. The van der Waals surface area contributed by atoms with Crippen LogP contribution in [-0.4, -0.2) is 33.0 Å². The summed E-state index contributed by atoms with van der Waals surface area (Å²) in [5.41, 5.74) is 2.19. The molecule has 2 aromatic heterocycles. The first kappa shape index (κ1) is 20.6. The number of alkyl halides is 5. The normalized spacial score (nSPS) is 16.9. The van der Waals surface area contributed by atoms with Gasteiger partial charge in [0, 0.05) is 40.1 Å². The molecule has 1 unspecified atom stereocenters. The lowest BCUT2D eigenvalue weighted by atomic mass is 9.99. The molecule has 0 spiro atoms. The molecule has 30 heavy (non-hydrogen) atoms. The van der Waals surface area contributed by atoms with E-state index >= 15 is 0 Å². The third kappa shape index (κ3) is 3.22. The summed E-state index contributed by atoms with van der Waals surface area (Å²) in [6, 6.07) is 6.01. The maximum absolute atomic E-state index is 14.1. The summed E-state index contributed by atoms with van der Waals surface area (Å²) in [4.78, 5) is 3.88. The molecule has 1 aromatic carbocycles. The highest BCUT2D eigenvalue weighted by atomic mass is 35.5. The Kier molecular flexibility index (Phi) is 4.78. The molecule has 0 bridgehead atoms. The largest absolute Gasteiger partial charge is 0.455 e. The van der Waals surface area contributed by atoms with Gasteiger partial charge in [-0.05, 0) is 42.8 Å². The van der Waals surface area contributed by atoms with E-state index in [0.29, 0.717) is 27.8 Å². The number of nitrogens with one attached hydrogen (secondary N) is 1. The highest BCUT2D eigenvalue weighted by Crippen LogP contribution is 2.45. The molecule has 10 heteroatoms. The van der Waals surface area contributed by atoms with E-state index in [0.717, 1.165) is 4.57 Å². The Morgan fingerprint density at radius 2 is 1.80 bits per heavy atom. The average Bonchev–Trinajstić information content (AvgIpc) is 2.92. The number of rotatable bonds is 3. The monoisotopic (exact) mass is 443 g/mol. The molecule has 0 amide bonds. The van der Waals surface area contributed by atoms with Crippen LogP contribution in [0.5, 0.6) is 0 Å². The Morgan fingerprint density at radius 3 is 2.43 bits per heavy atom. The van der Waals surface area contributed by atoms with Crippen LogP contribution in [0.15, 0.2) is 42.7 Å². The number of aliphatic hydroxyl groups is 1. The van der Waals surface area contributed by atoms with Gasteiger partial charge in [-0.25, -0.2) is 0 Å². The summed E-state index contributed by atoms with van der Waals surface area (Å²) in [7, 11) is 0. The quantitative estimate of drug-likeness (QED) is 0.523. The first-order valence-electron chi connectivity index (χ1n) is 8.84. The van der Waals surface area contributed by atoms with Crippen LogP contribution in [0.25, 0.3) is 27.2 Å². The number of nitrogens with zero attached hydrogens (tertiary/aromatic N) is 2. The van der Waals surface area contributed by atoms with E-state index in [2.05, 4.69) is 10.3 Å². The van der Waals surface area contributed by atoms with Crippen molar-refractivity contribution in [3.8, 4) is 11.3 Å². The number of fused-ring (bicyclic) bond motifs is 3. The van der Waals surface area contributed by atoms with E-state index in [4.69, 9.17) is 11.6 Å². The Hall–Kier alpha value is -2.65. The Labute approximate surface area is 172 Å². The number of hydrogen-bond donors (Lipinski definition) is 2. The molecular formula is C20H15ClF5N3O. The van der Waals surface area contributed by atoms with Crippen LogP contribution in [0.1, 0.15) is 11.1 Å². The molecule has 0 fully saturated rings.